The Balaban J connectivity index is 2.24. The van der Waals surface area contributed by atoms with Crippen LogP contribution in [-0.4, -0.2) is 21.4 Å². The maximum absolute atomic E-state index is 4.50. The molecule has 1 aliphatic heterocycles. The average molecular weight is 220 g/mol. The average Bonchev–Trinajstić information content (AvgIpc) is 2.72. The lowest BCUT2D eigenvalue weighted by atomic mass is 10.0. The van der Waals surface area contributed by atoms with E-state index in [1.54, 1.807) is 6.20 Å². The molecule has 4 heteroatoms. The fourth-order valence-corrected chi connectivity index (χ4v) is 2.26. The number of nitrogens with zero attached hydrogens (tertiary/aromatic N) is 3. The number of H-pyrrole nitrogens is 1. The first-order valence-corrected chi connectivity index (χ1v) is 5.40. The van der Waals surface area contributed by atoms with Crippen molar-refractivity contribution < 1.29 is 0 Å². The van der Waals surface area contributed by atoms with E-state index in [9.17, 15) is 0 Å². The number of fused-ring (bicyclic) bond motifs is 2. The standard InChI is InChI=1S/C13H8N4/c1-2-4-11-9(3-1)10-7-16-17-13-12(10)8(5-14-11)6-15-13/h1-7H,(H,15,17). The van der Waals surface area contributed by atoms with E-state index in [1.165, 1.54) is 0 Å². The van der Waals surface area contributed by atoms with Crippen LogP contribution in [0.2, 0.25) is 0 Å². The third-order valence-electron chi connectivity index (χ3n) is 3.04. The van der Waals surface area contributed by atoms with Crippen molar-refractivity contribution in [3.63, 3.8) is 0 Å². The topological polar surface area (TPSA) is 53.9 Å². The molecule has 1 N–H and O–H groups in total. The molecule has 0 radical (unpaired) electrons. The molecule has 0 bridgehead atoms. The normalized spacial score (nSPS) is 12.5. The Labute approximate surface area is 97.0 Å². The molecule has 4 rings (SSSR count). The molecule has 17 heavy (non-hydrogen) atoms. The Morgan fingerprint density at radius 2 is 2.00 bits per heavy atom. The minimum Gasteiger partial charge on any atom is -0.344 e. The third kappa shape index (κ3) is 1.09. The van der Waals surface area contributed by atoms with Crippen LogP contribution in [0.3, 0.4) is 0 Å². The van der Waals surface area contributed by atoms with Gasteiger partial charge in [-0.1, -0.05) is 18.2 Å². The smallest absolute Gasteiger partial charge is 0.161 e. The van der Waals surface area contributed by atoms with E-state index in [0.29, 0.717) is 0 Å². The van der Waals surface area contributed by atoms with Gasteiger partial charge in [0.15, 0.2) is 5.65 Å². The van der Waals surface area contributed by atoms with Crippen molar-refractivity contribution in [3.8, 4) is 11.1 Å². The summed E-state index contributed by atoms with van der Waals surface area (Å²) >= 11 is 0. The molecule has 0 amide bonds. The number of aromatic amines is 1. The fourth-order valence-electron chi connectivity index (χ4n) is 2.26. The Kier molecular flexibility index (Phi) is 1.53. The highest BCUT2D eigenvalue weighted by Gasteiger charge is 2.15. The lowest BCUT2D eigenvalue weighted by Crippen LogP contribution is -1.86. The maximum atomic E-state index is 4.50. The molecule has 0 aliphatic carbocycles. The molecular weight excluding hydrogens is 212 g/mol. The summed E-state index contributed by atoms with van der Waals surface area (Å²) in [5.74, 6) is 0. The molecular formula is C13H8N4. The van der Waals surface area contributed by atoms with Crippen LogP contribution < -0.4 is 0 Å². The van der Waals surface area contributed by atoms with E-state index in [-0.39, 0.29) is 0 Å². The molecule has 0 spiro atoms. The van der Waals surface area contributed by atoms with E-state index < -0.39 is 0 Å². The number of benzene rings is 1. The fraction of sp³-hybridized carbons (Fsp3) is 0. The van der Waals surface area contributed by atoms with E-state index >= 15 is 0 Å². The highest BCUT2D eigenvalue weighted by molar-refractivity contribution is 6.09. The maximum Gasteiger partial charge on any atom is 0.161 e. The Bertz CT molecular complexity index is 755. The van der Waals surface area contributed by atoms with Crippen molar-refractivity contribution in [2.24, 2.45) is 4.99 Å². The molecule has 2 aromatic heterocycles. The lowest BCUT2D eigenvalue weighted by molar-refractivity contribution is 1.06. The molecule has 0 unspecified atom stereocenters. The molecule has 3 heterocycles. The van der Waals surface area contributed by atoms with Crippen molar-refractivity contribution in [3.05, 3.63) is 42.2 Å². The van der Waals surface area contributed by atoms with E-state index in [1.807, 2.05) is 30.6 Å². The van der Waals surface area contributed by atoms with Crippen molar-refractivity contribution in [1.82, 2.24) is 15.2 Å². The quantitative estimate of drug-likeness (QED) is 0.495. The Morgan fingerprint density at radius 3 is 3.00 bits per heavy atom. The van der Waals surface area contributed by atoms with Crippen LogP contribution in [0.5, 0.6) is 0 Å². The highest BCUT2D eigenvalue weighted by atomic mass is 15.1. The number of hydrogen-bond acceptors (Lipinski definition) is 3. The van der Waals surface area contributed by atoms with Gasteiger partial charge in [0.2, 0.25) is 0 Å². The summed E-state index contributed by atoms with van der Waals surface area (Å²) < 4.78 is 0. The summed E-state index contributed by atoms with van der Waals surface area (Å²) in [6.07, 6.45) is 5.58. The van der Waals surface area contributed by atoms with Crippen LogP contribution in [0.15, 0.2) is 41.7 Å². The first kappa shape index (κ1) is 8.64. The molecule has 3 aromatic rings. The number of aromatic nitrogens is 3. The Morgan fingerprint density at radius 1 is 1.06 bits per heavy atom. The van der Waals surface area contributed by atoms with Gasteiger partial charge in [0.25, 0.3) is 0 Å². The van der Waals surface area contributed by atoms with E-state index in [0.717, 1.165) is 33.4 Å². The first-order valence-electron chi connectivity index (χ1n) is 5.40. The molecule has 0 fully saturated rings. The zero-order chi connectivity index (χ0) is 11.2. The van der Waals surface area contributed by atoms with Gasteiger partial charge >= 0.3 is 0 Å². The first-order chi connectivity index (χ1) is 8.43. The summed E-state index contributed by atoms with van der Waals surface area (Å²) in [7, 11) is 0. The number of nitrogens with one attached hydrogen (secondary N) is 1. The third-order valence-corrected chi connectivity index (χ3v) is 3.04. The second-order valence-corrected chi connectivity index (χ2v) is 4.00. The summed E-state index contributed by atoms with van der Waals surface area (Å²) in [6.45, 7) is 0. The lowest BCUT2D eigenvalue weighted by Gasteiger charge is -2.04. The van der Waals surface area contributed by atoms with Crippen molar-refractivity contribution in [2.75, 3.05) is 0 Å². The summed E-state index contributed by atoms with van der Waals surface area (Å²) in [5, 5.41) is 9.22. The van der Waals surface area contributed by atoms with Gasteiger partial charge in [-0.15, -0.1) is 5.10 Å². The van der Waals surface area contributed by atoms with Crippen molar-refractivity contribution >= 4 is 22.9 Å². The van der Waals surface area contributed by atoms with Crippen LogP contribution in [0.25, 0.3) is 22.2 Å². The predicted octanol–water partition coefficient (Wildman–Crippen LogP) is 2.69. The van der Waals surface area contributed by atoms with Gasteiger partial charge < -0.3 is 4.98 Å². The van der Waals surface area contributed by atoms with Crippen LogP contribution in [0, 0.1) is 0 Å². The molecule has 80 valence electrons. The SMILES string of the molecule is C1=Nc2ccccc2-c2cnnc3[nH]cc1c23. The Hall–Kier alpha value is -2.49. The number of hydrogen-bond donors (Lipinski definition) is 1. The number of aliphatic imine (C=N–C) groups is 1. The zero-order valence-electron chi connectivity index (χ0n) is 8.88. The summed E-state index contributed by atoms with van der Waals surface area (Å²) in [6, 6.07) is 8.07. The second-order valence-electron chi connectivity index (χ2n) is 4.00. The highest BCUT2D eigenvalue weighted by Crippen LogP contribution is 2.37. The van der Waals surface area contributed by atoms with Gasteiger partial charge in [-0.3, -0.25) is 4.99 Å². The van der Waals surface area contributed by atoms with Gasteiger partial charge in [-0.05, 0) is 6.07 Å². The summed E-state index contributed by atoms with van der Waals surface area (Å²) in [5.41, 5.74) is 5.01. The monoisotopic (exact) mass is 220 g/mol. The van der Waals surface area contributed by atoms with Crippen LogP contribution in [0.1, 0.15) is 5.56 Å². The second kappa shape index (κ2) is 3.01. The van der Waals surface area contributed by atoms with Gasteiger partial charge in [0.05, 0.1) is 11.9 Å². The zero-order valence-corrected chi connectivity index (χ0v) is 8.88. The van der Waals surface area contributed by atoms with E-state index in [2.05, 4.69) is 26.2 Å². The molecule has 1 aliphatic rings. The molecule has 0 saturated heterocycles. The van der Waals surface area contributed by atoms with Crippen LogP contribution in [0.4, 0.5) is 5.69 Å². The summed E-state index contributed by atoms with van der Waals surface area (Å²) in [4.78, 5) is 7.61. The molecule has 1 aromatic carbocycles. The van der Waals surface area contributed by atoms with Gasteiger partial charge in [-0.2, -0.15) is 5.10 Å². The van der Waals surface area contributed by atoms with Crippen LogP contribution in [-0.2, 0) is 0 Å². The molecule has 0 atom stereocenters. The van der Waals surface area contributed by atoms with Gasteiger partial charge in [0, 0.05) is 34.5 Å². The minimum atomic E-state index is 0.806. The number of rotatable bonds is 0. The van der Waals surface area contributed by atoms with Crippen molar-refractivity contribution in [2.45, 2.75) is 0 Å². The molecule has 4 nitrogen and oxygen atoms in total. The number of para-hydroxylation sites is 1. The van der Waals surface area contributed by atoms with Gasteiger partial charge in [-0.25, -0.2) is 0 Å². The van der Waals surface area contributed by atoms with Crippen molar-refractivity contribution in [1.29, 1.82) is 0 Å². The predicted molar refractivity (Wildman–Crippen MR) is 66.6 cm³/mol. The molecule has 0 saturated carbocycles. The van der Waals surface area contributed by atoms with Gasteiger partial charge in [0.1, 0.15) is 0 Å². The largest absolute Gasteiger partial charge is 0.344 e. The van der Waals surface area contributed by atoms with E-state index in [4.69, 9.17) is 0 Å². The van der Waals surface area contributed by atoms with Crippen LogP contribution >= 0.6 is 0 Å². The minimum absolute atomic E-state index is 0.806.